The van der Waals surface area contributed by atoms with Crippen LogP contribution >= 0.6 is 0 Å². The summed E-state index contributed by atoms with van der Waals surface area (Å²) in [4.78, 5) is 32.6. The topological polar surface area (TPSA) is 101 Å². The second kappa shape index (κ2) is 7.72. The predicted octanol–water partition coefficient (Wildman–Crippen LogP) is 3.76. The van der Waals surface area contributed by atoms with Crippen LogP contribution in [0.5, 0.6) is 0 Å². The first-order valence-corrected chi connectivity index (χ1v) is 10.8. The number of aromatic nitrogens is 6. The van der Waals surface area contributed by atoms with Crippen LogP contribution in [0.2, 0.25) is 0 Å². The van der Waals surface area contributed by atoms with Gasteiger partial charge in [0.1, 0.15) is 5.82 Å². The van der Waals surface area contributed by atoms with Gasteiger partial charge in [-0.25, -0.2) is 19.7 Å². The first-order chi connectivity index (χ1) is 15.7. The Morgan fingerprint density at radius 1 is 0.969 bits per heavy atom. The summed E-state index contributed by atoms with van der Waals surface area (Å²) in [6.07, 6.45) is 3.61. The quantitative estimate of drug-likeness (QED) is 0.456. The van der Waals surface area contributed by atoms with Crippen molar-refractivity contribution in [3.8, 4) is 22.6 Å². The highest BCUT2D eigenvalue weighted by molar-refractivity contribution is 5.79. The standard InChI is InChI=1S/C24H22N6O2/c31-24-29-22-23(30(24)14-15-9-11-32-12-10-15)28-20(13-25-22)16-5-7-17(8-6-16)21-26-18-3-1-2-4-19(18)27-21/h1-8,13,15H,9-12,14H2,(H,26,27)(H,25,29,31). The fourth-order valence-electron chi connectivity index (χ4n) is 4.30. The van der Waals surface area contributed by atoms with Gasteiger partial charge in [0.25, 0.3) is 0 Å². The van der Waals surface area contributed by atoms with Crippen LogP contribution in [0.25, 0.3) is 45.0 Å². The molecule has 32 heavy (non-hydrogen) atoms. The number of fused-ring (bicyclic) bond motifs is 2. The lowest BCUT2D eigenvalue weighted by atomic mass is 10.0. The predicted molar refractivity (Wildman–Crippen MR) is 122 cm³/mol. The Bertz CT molecular complexity index is 1420. The number of imidazole rings is 2. The van der Waals surface area contributed by atoms with Crippen LogP contribution in [0, 0.1) is 5.92 Å². The van der Waals surface area contributed by atoms with Crippen molar-refractivity contribution in [1.82, 2.24) is 29.5 Å². The molecular formula is C24H22N6O2. The molecule has 1 aliphatic heterocycles. The maximum absolute atomic E-state index is 12.5. The number of para-hydroxylation sites is 2. The van der Waals surface area contributed by atoms with Gasteiger partial charge >= 0.3 is 5.69 Å². The van der Waals surface area contributed by atoms with Crippen LogP contribution in [0.4, 0.5) is 0 Å². The summed E-state index contributed by atoms with van der Waals surface area (Å²) < 4.78 is 7.16. The number of hydrogen-bond donors (Lipinski definition) is 2. The van der Waals surface area contributed by atoms with Crippen LogP contribution in [-0.2, 0) is 11.3 Å². The molecule has 1 aliphatic rings. The molecule has 0 saturated carbocycles. The van der Waals surface area contributed by atoms with Gasteiger partial charge in [0.05, 0.1) is 22.9 Å². The van der Waals surface area contributed by atoms with Crippen molar-refractivity contribution in [3.05, 3.63) is 65.2 Å². The third-order valence-corrected chi connectivity index (χ3v) is 6.11. The number of H-pyrrole nitrogens is 2. The van der Waals surface area contributed by atoms with Gasteiger partial charge in [-0.1, -0.05) is 36.4 Å². The number of nitrogens with one attached hydrogen (secondary N) is 2. The SMILES string of the molecule is O=c1[nH]c2ncc(-c3ccc(-c4nc5ccccc5[nH]4)cc3)nc2n1CC1CCOCC1. The first kappa shape index (κ1) is 18.9. The minimum Gasteiger partial charge on any atom is -0.381 e. The second-order valence-corrected chi connectivity index (χ2v) is 8.20. The van der Waals surface area contributed by atoms with E-state index in [2.05, 4.69) is 19.9 Å². The third kappa shape index (κ3) is 3.38. The van der Waals surface area contributed by atoms with Crippen molar-refractivity contribution >= 4 is 22.3 Å². The molecule has 2 aromatic carbocycles. The summed E-state index contributed by atoms with van der Waals surface area (Å²) in [5, 5.41) is 0. The van der Waals surface area contributed by atoms with Crippen molar-refractivity contribution in [2.24, 2.45) is 5.92 Å². The number of benzene rings is 2. The molecule has 0 unspecified atom stereocenters. The lowest BCUT2D eigenvalue weighted by Gasteiger charge is -2.21. The maximum atomic E-state index is 12.5. The van der Waals surface area contributed by atoms with Crippen LogP contribution < -0.4 is 5.69 Å². The monoisotopic (exact) mass is 426 g/mol. The van der Waals surface area contributed by atoms with E-state index >= 15 is 0 Å². The first-order valence-electron chi connectivity index (χ1n) is 10.8. The molecule has 4 heterocycles. The number of aromatic amines is 2. The Morgan fingerprint density at radius 3 is 2.56 bits per heavy atom. The second-order valence-electron chi connectivity index (χ2n) is 8.20. The molecule has 3 aromatic heterocycles. The molecular weight excluding hydrogens is 404 g/mol. The van der Waals surface area contributed by atoms with Gasteiger partial charge < -0.3 is 9.72 Å². The summed E-state index contributed by atoms with van der Waals surface area (Å²) in [5.41, 5.74) is 5.57. The largest absolute Gasteiger partial charge is 0.381 e. The van der Waals surface area contributed by atoms with E-state index in [0.717, 1.165) is 59.7 Å². The average Bonchev–Trinajstić information content (AvgIpc) is 3.41. The number of ether oxygens (including phenoxy) is 1. The van der Waals surface area contributed by atoms with E-state index in [1.165, 1.54) is 0 Å². The number of rotatable bonds is 4. The summed E-state index contributed by atoms with van der Waals surface area (Å²) in [5.74, 6) is 1.24. The number of nitrogens with zero attached hydrogens (tertiary/aromatic N) is 4. The summed E-state index contributed by atoms with van der Waals surface area (Å²) in [7, 11) is 0. The summed E-state index contributed by atoms with van der Waals surface area (Å²) in [6.45, 7) is 2.12. The van der Waals surface area contributed by atoms with Crippen LogP contribution in [0.3, 0.4) is 0 Å². The average molecular weight is 426 g/mol. The van der Waals surface area contributed by atoms with Gasteiger partial charge in [-0.05, 0) is 30.9 Å². The zero-order chi connectivity index (χ0) is 21.5. The molecule has 0 spiro atoms. The molecule has 0 aliphatic carbocycles. The Morgan fingerprint density at radius 2 is 1.75 bits per heavy atom. The lowest BCUT2D eigenvalue weighted by Crippen LogP contribution is -2.26. The van der Waals surface area contributed by atoms with Gasteiger partial charge in [-0.2, -0.15) is 0 Å². The zero-order valence-electron chi connectivity index (χ0n) is 17.4. The molecule has 8 heteroatoms. The van der Waals surface area contributed by atoms with E-state index in [9.17, 15) is 4.79 Å². The van der Waals surface area contributed by atoms with Crippen molar-refractivity contribution in [2.45, 2.75) is 19.4 Å². The smallest absolute Gasteiger partial charge is 0.328 e. The highest BCUT2D eigenvalue weighted by atomic mass is 16.5. The maximum Gasteiger partial charge on any atom is 0.328 e. The van der Waals surface area contributed by atoms with Gasteiger partial charge in [-0.3, -0.25) is 9.55 Å². The molecule has 1 fully saturated rings. The fourth-order valence-corrected chi connectivity index (χ4v) is 4.30. The minimum atomic E-state index is -0.163. The van der Waals surface area contributed by atoms with Crippen LogP contribution in [0.15, 0.2) is 59.5 Å². The van der Waals surface area contributed by atoms with Gasteiger partial charge in [-0.15, -0.1) is 0 Å². The minimum absolute atomic E-state index is 0.163. The Kier molecular flexibility index (Phi) is 4.57. The van der Waals surface area contributed by atoms with Gasteiger partial charge in [0, 0.05) is 30.9 Å². The number of hydrogen-bond acceptors (Lipinski definition) is 5. The molecule has 160 valence electrons. The van der Waals surface area contributed by atoms with Crippen molar-refractivity contribution in [2.75, 3.05) is 13.2 Å². The molecule has 1 saturated heterocycles. The summed E-state index contributed by atoms with van der Waals surface area (Å²) >= 11 is 0. The Hall–Kier alpha value is -3.78. The molecule has 8 nitrogen and oxygen atoms in total. The van der Waals surface area contributed by atoms with E-state index in [-0.39, 0.29) is 5.69 Å². The van der Waals surface area contributed by atoms with E-state index < -0.39 is 0 Å². The highest BCUT2D eigenvalue weighted by Crippen LogP contribution is 2.25. The van der Waals surface area contributed by atoms with Crippen LogP contribution in [0.1, 0.15) is 12.8 Å². The molecule has 6 rings (SSSR count). The Labute approximate surface area is 183 Å². The molecule has 0 amide bonds. The van der Waals surface area contributed by atoms with Crippen LogP contribution in [-0.4, -0.2) is 42.7 Å². The molecule has 2 N–H and O–H groups in total. The molecule has 0 bridgehead atoms. The van der Waals surface area contributed by atoms with Gasteiger partial charge in [0.2, 0.25) is 0 Å². The van der Waals surface area contributed by atoms with E-state index in [1.54, 1.807) is 10.8 Å². The zero-order valence-corrected chi connectivity index (χ0v) is 17.4. The van der Waals surface area contributed by atoms with Crippen molar-refractivity contribution < 1.29 is 4.74 Å². The van der Waals surface area contributed by atoms with Gasteiger partial charge in [0.15, 0.2) is 11.3 Å². The third-order valence-electron chi connectivity index (χ3n) is 6.11. The Balaban J connectivity index is 1.32. The van der Waals surface area contributed by atoms with E-state index in [1.807, 2.05) is 48.5 Å². The molecule has 0 atom stereocenters. The van der Waals surface area contributed by atoms with E-state index in [4.69, 9.17) is 9.72 Å². The highest BCUT2D eigenvalue weighted by Gasteiger charge is 2.19. The normalized spacial score (nSPS) is 15.0. The summed E-state index contributed by atoms with van der Waals surface area (Å²) in [6, 6.07) is 16.0. The van der Waals surface area contributed by atoms with Crippen molar-refractivity contribution in [3.63, 3.8) is 0 Å². The lowest BCUT2D eigenvalue weighted by molar-refractivity contribution is 0.0613. The fraction of sp³-hybridized carbons (Fsp3) is 0.250. The molecule has 0 radical (unpaired) electrons. The van der Waals surface area contributed by atoms with E-state index in [0.29, 0.717) is 23.8 Å². The molecule has 5 aromatic rings. The van der Waals surface area contributed by atoms with Crippen molar-refractivity contribution in [1.29, 1.82) is 0 Å².